The second kappa shape index (κ2) is 5.46. The summed E-state index contributed by atoms with van der Waals surface area (Å²) in [7, 11) is 2.33. The van der Waals surface area contributed by atoms with Gasteiger partial charge in [-0.25, -0.2) is 0 Å². The maximum atomic E-state index is 3.50. The van der Waals surface area contributed by atoms with Crippen LogP contribution in [-0.4, -0.2) is 37.6 Å². The van der Waals surface area contributed by atoms with Gasteiger partial charge in [-0.2, -0.15) is 0 Å². The Labute approximate surface area is 113 Å². The van der Waals surface area contributed by atoms with Crippen molar-refractivity contribution in [3.8, 4) is 0 Å². The van der Waals surface area contributed by atoms with Crippen molar-refractivity contribution in [2.75, 3.05) is 26.7 Å². The van der Waals surface area contributed by atoms with E-state index in [-0.39, 0.29) is 12.4 Å². The number of hydrogen-bond donors (Lipinski definition) is 1. The van der Waals surface area contributed by atoms with Gasteiger partial charge in [0.1, 0.15) is 0 Å². The molecule has 2 nitrogen and oxygen atoms in total. The van der Waals surface area contributed by atoms with Crippen LogP contribution in [0.4, 0.5) is 0 Å². The van der Waals surface area contributed by atoms with Crippen molar-refractivity contribution >= 4 is 12.4 Å². The monoisotopic (exact) mass is 260 g/mol. The molecule has 2 atom stereocenters. The summed E-state index contributed by atoms with van der Waals surface area (Å²) in [5.41, 5.74) is 1.09. The predicted molar refractivity (Wildman–Crippen MR) is 76.9 cm³/mol. The minimum atomic E-state index is 0. The number of hydrogen-bond acceptors (Lipinski definition) is 2. The lowest BCUT2D eigenvalue weighted by molar-refractivity contribution is 0.154. The molecule has 1 N–H and O–H groups in total. The Kier molecular flexibility index (Phi) is 4.90. The van der Waals surface area contributed by atoms with Crippen LogP contribution in [-0.2, 0) is 0 Å². The molecule has 2 unspecified atom stereocenters. The van der Waals surface area contributed by atoms with Crippen molar-refractivity contribution in [2.24, 2.45) is 10.8 Å². The van der Waals surface area contributed by atoms with Crippen LogP contribution in [0.2, 0.25) is 0 Å². The van der Waals surface area contributed by atoms with Crippen LogP contribution in [0.25, 0.3) is 0 Å². The van der Waals surface area contributed by atoms with Crippen molar-refractivity contribution in [3.63, 3.8) is 0 Å². The lowest BCUT2D eigenvalue weighted by Gasteiger charge is -2.33. The molecule has 3 heteroatoms. The molecule has 1 saturated heterocycles. The molecule has 1 heterocycles. The highest BCUT2D eigenvalue weighted by atomic mass is 35.5. The number of nitrogens with zero attached hydrogens (tertiary/aromatic N) is 1. The maximum Gasteiger partial charge on any atom is 0.00977 e. The third-order valence-electron chi connectivity index (χ3n) is 4.65. The van der Waals surface area contributed by atoms with E-state index in [0.29, 0.717) is 10.8 Å². The molecule has 1 aliphatic heterocycles. The highest BCUT2D eigenvalue weighted by Crippen LogP contribution is 2.40. The van der Waals surface area contributed by atoms with Crippen LogP contribution in [0, 0.1) is 10.8 Å². The minimum Gasteiger partial charge on any atom is -0.316 e. The molecule has 0 aromatic carbocycles. The molecule has 0 spiro atoms. The molecule has 102 valence electrons. The van der Waals surface area contributed by atoms with Gasteiger partial charge in [0, 0.05) is 19.1 Å². The van der Waals surface area contributed by atoms with Gasteiger partial charge in [0.15, 0.2) is 0 Å². The van der Waals surface area contributed by atoms with Crippen LogP contribution in [0.15, 0.2) is 0 Å². The number of rotatable bonds is 3. The largest absolute Gasteiger partial charge is 0.316 e. The van der Waals surface area contributed by atoms with Gasteiger partial charge in [-0.15, -0.1) is 12.4 Å². The van der Waals surface area contributed by atoms with Gasteiger partial charge in [0.05, 0.1) is 0 Å². The zero-order valence-electron chi connectivity index (χ0n) is 11.9. The van der Waals surface area contributed by atoms with E-state index in [9.17, 15) is 0 Å². The van der Waals surface area contributed by atoms with Crippen molar-refractivity contribution < 1.29 is 0 Å². The zero-order chi connectivity index (χ0) is 11.8. The molecule has 2 fully saturated rings. The highest BCUT2D eigenvalue weighted by Gasteiger charge is 2.36. The summed E-state index contributed by atoms with van der Waals surface area (Å²) in [6, 6.07) is 0.826. The Hall–Kier alpha value is 0.210. The Morgan fingerprint density at radius 1 is 1.24 bits per heavy atom. The summed E-state index contributed by atoms with van der Waals surface area (Å²) in [5, 5.41) is 3.50. The van der Waals surface area contributed by atoms with E-state index in [4.69, 9.17) is 0 Å². The van der Waals surface area contributed by atoms with E-state index in [1.165, 1.54) is 45.3 Å². The third-order valence-corrected chi connectivity index (χ3v) is 4.65. The van der Waals surface area contributed by atoms with Crippen LogP contribution in [0.1, 0.15) is 46.5 Å². The van der Waals surface area contributed by atoms with Gasteiger partial charge in [0.25, 0.3) is 0 Å². The fourth-order valence-corrected chi connectivity index (χ4v) is 3.51. The topological polar surface area (TPSA) is 15.3 Å². The summed E-state index contributed by atoms with van der Waals surface area (Å²) < 4.78 is 0. The van der Waals surface area contributed by atoms with Gasteiger partial charge < -0.3 is 10.2 Å². The van der Waals surface area contributed by atoms with Gasteiger partial charge in [-0.1, -0.05) is 20.8 Å². The standard InChI is InChI=1S/C14H28N2.ClH/c1-13(2)6-5-12(9-13)16(4)11-14(3)7-8-15-10-14;/h12,15H,5-11H2,1-4H3;1H. The smallest absolute Gasteiger partial charge is 0.00977 e. The van der Waals surface area contributed by atoms with Gasteiger partial charge >= 0.3 is 0 Å². The molecule has 0 aromatic rings. The SMILES string of the molecule is CN(CC1(C)CCNC1)C1CCC(C)(C)C1.Cl. The fraction of sp³-hybridized carbons (Fsp3) is 1.00. The summed E-state index contributed by atoms with van der Waals surface area (Å²) in [4.78, 5) is 2.63. The van der Waals surface area contributed by atoms with Crippen molar-refractivity contribution in [2.45, 2.75) is 52.5 Å². The zero-order valence-corrected chi connectivity index (χ0v) is 12.7. The van der Waals surface area contributed by atoms with Crippen LogP contribution in [0.5, 0.6) is 0 Å². The number of halogens is 1. The van der Waals surface area contributed by atoms with E-state index < -0.39 is 0 Å². The second-order valence-corrected chi connectivity index (χ2v) is 7.21. The Morgan fingerprint density at radius 3 is 2.41 bits per heavy atom. The third kappa shape index (κ3) is 3.84. The molecule has 17 heavy (non-hydrogen) atoms. The number of nitrogens with one attached hydrogen (secondary N) is 1. The average Bonchev–Trinajstić information content (AvgIpc) is 2.72. The molecular formula is C14H29ClN2. The summed E-state index contributed by atoms with van der Waals surface area (Å²) in [6.07, 6.45) is 5.52. The first-order valence-electron chi connectivity index (χ1n) is 6.81. The molecular weight excluding hydrogens is 232 g/mol. The van der Waals surface area contributed by atoms with Gasteiger partial charge in [-0.05, 0) is 50.1 Å². The summed E-state index contributed by atoms with van der Waals surface area (Å²) >= 11 is 0. The van der Waals surface area contributed by atoms with Crippen LogP contribution in [0.3, 0.4) is 0 Å². The first-order chi connectivity index (χ1) is 7.40. The molecule has 2 rings (SSSR count). The van der Waals surface area contributed by atoms with Gasteiger partial charge in [0.2, 0.25) is 0 Å². The summed E-state index contributed by atoms with van der Waals surface area (Å²) in [5.74, 6) is 0. The lowest BCUT2D eigenvalue weighted by Crippen LogP contribution is -2.40. The fourth-order valence-electron chi connectivity index (χ4n) is 3.51. The second-order valence-electron chi connectivity index (χ2n) is 7.21. The maximum absolute atomic E-state index is 3.50. The minimum absolute atomic E-state index is 0. The molecule has 1 aliphatic carbocycles. The molecule has 0 amide bonds. The quantitative estimate of drug-likeness (QED) is 0.840. The Morgan fingerprint density at radius 2 is 1.94 bits per heavy atom. The van der Waals surface area contributed by atoms with Crippen molar-refractivity contribution in [1.82, 2.24) is 10.2 Å². The van der Waals surface area contributed by atoms with E-state index in [1.54, 1.807) is 0 Å². The van der Waals surface area contributed by atoms with Crippen LogP contribution >= 0.6 is 12.4 Å². The summed E-state index contributed by atoms with van der Waals surface area (Å²) in [6.45, 7) is 10.9. The highest BCUT2D eigenvalue weighted by molar-refractivity contribution is 5.85. The average molecular weight is 261 g/mol. The van der Waals surface area contributed by atoms with Crippen LogP contribution < -0.4 is 5.32 Å². The molecule has 0 bridgehead atoms. The molecule has 0 radical (unpaired) electrons. The first kappa shape index (κ1) is 15.3. The molecule has 1 saturated carbocycles. The Bertz CT molecular complexity index is 247. The van der Waals surface area contributed by atoms with E-state index in [1.807, 2.05) is 0 Å². The predicted octanol–water partition coefficient (Wildman–Crippen LogP) is 2.92. The van der Waals surface area contributed by atoms with E-state index >= 15 is 0 Å². The van der Waals surface area contributed by atoms with E-state index in [2.05, 4.69) is 38.0 Å². The lowest BCUT2D eigenvalue weighted by atomic mass is 9.88. The Balaban J connectivity index is 0.00000144. The van der Waals surface area contributed by atoms with E-state index in [0.717, 1.165) is 6.04 Å². The van der Waals surface area contributed by atoms with Crippen molar-refractivity contribution in [3.05, 3.63) is 0 Å². The van der Waals surface area contributed by atoms with Crippen molar-refractivity contribution in [1.29, 1.82) is 0 Å². The first-order valence-corrected chi connectivity index (χ1v) is 6.81. The van der Waals surface area contributed by atoms with Gasteiger partial charge in [-0.3, -0.25) is 0 Å². The normalized spacial score (nSPS) is 36.2. The molecule has 0 aromatic heterocycles. The molecule has 2 aliphatic rings.